The van der Waals surface area contributed by atoms with Crippen molar-refractivity contribution in [1.82, 2.24) is 10.3 Å². The highest BCUT2D eigenvalue weighted by Gasteiger charge is 2.19. The van der Waals surface area contributed by atoms with Gasteiger partial charge in [0.2, 0.25) is 0 Å². The molecule has 0 spiro atoms. The molecule has 1 N–H and O–H groups in total. The summed E-state index contributed by atoms with van der Waals surface area (Å²) in [6.45, 7) is 4.27. The zero-order valence-corrected chi connectivity index (χ0v) is 16.0. The first kappa shape index (κ1) is 19.4. The second-order valence-electron chi connectivity index (χ2n) is 6.57. The number of nitrogens with one attached hydrogen (secondary N) is 1. The smallest absolute Gasteiger partial charge is 0.253 e. The third-order valence-corrected chi connectivity index (χ3v) is 4.63. The van der Waals surface area contributed by atoms with E-state index >= 15 is 0 Å². The standard InChI is InChI=1S/C24H24N2O2/c1-18(10-11-19-7-4-3-5-8-19)23(20-12-14-22(28-2)15-13-20)26-24(27)21-9-6-16-25-17-21/h3-9,12-17,23H,1,10-11H2,2H3,(H,26,27). The van der Waals surface area contributed by atoms with Crippen molar-refractivity contribution in [3.8, 4) is 5.75 Å². The molecule has 2 aromatic carbocycles. The van der Waals surface area contributed by atoms with Crippen LogP contribution in [0.15, 0.2) is 91.3 Å². The second kappa shape index (κ2) is 9.51. The lowest BCUT2D eigenvalue weighted by molar-refractivity contribution is 0.0941. The molecular weight excluding hydrogens is 348 g/mol. The normalized spacial score (nSPS) is 11.5. The van der Waals surface area contributed by atoms with Crippen LogP contribution in [0.2, 0.25) is 0 Å². The summed E-state index contributed by atoms with van der Waals surface area (Å²) in [7, 11) is 1.63. The number of carbonyl (C=O) groups is 1. The van der Waals surface area contributed by atoms with E-state index in [1.807, 2.05) is 42.5 Å². The van der Waals surface area contributed by atoms with Crippen molar-refractivity contribution < 1.29 is 9.53 Å². The van der Waals surface area contributed by atoms with Gasteiger partial charge in [-0.2, -0.15) is 0 Å². The first-order valence-corrected chi connectivity index (χ1v) is 9.24. The number of nitrogens with zero attached hydrogens (tertiary/aromatic N) is 1. The molecule has 0 saturated carbocycles. The molecule has 3 rings (SSSR count). The topological polar surface area (TPSA) is 51.2 Å². The summed E-state index contributed by atoms with van der Waals surface area (Å²) in [6.07, 6.45) is 4.85. The maximum atomic E-state index is 12.7. The molecule has 0 aliphatic carbocycles. The highest BCUT2D eigenvalue weighted by molar-refractivity contribution is 5.94. The number of carbonyl (C=O) groups excluding carboxylic acids is 1. The van der Waals surface area contributed by atoms with Gasteiger partial charge in [-0.05, 0) is 48.2 Å². The van der Waals surface area contributed by atoms with Gasteiger partial charge in [0.05, 0.1) is 18.7 Å². The SMILES string of the molecule is C=C(CCc1ccccc1)C(NC(=O)c1cccnc1)c1ccc(OC)cc1. The van der Waals surface area contributed by atoms with E-state index < -0.39 is 0 Å². The van der Waals surface area contributed by atoms with Crippen LogP contribution in [-0.4, -0.2) is 18.0 Å². The Morgan fingerprint density at radius 2 is 1.82 bits per heavy atom. The van der Waals surface area contributed by atoms with Crippen LogP contribution < -0.4 is 10.1 Å². The van der Waals surface area contributed by atoms with Crippen LogP contribution in [-0.2, 0) is 6.42 Å². The number of rotatable bonds is 8. The molecule has 1 atom stereocenters. The molecule has 0 fully saturated rings. The highest BCUT2D eigenvalue weighted by atomic mass is 16.5. The lowest BCUT2D eigenvalue weighted by Crippen LogP contribution is -2.30. The minimum Gasteiger partial charge on any atom is -0.497 e. The van der Waals surface area contributed by atoms with Gasteiger partial charge in [-0.1, -0.05) is 54.6 Å². The number of pyridine rings is 1. The van der Waals surface area contributed by atoms with Crippen LogP contribution in [0.3, 0.4) is 0 Å². The minimum absolute atomic E-state index is 0.172. The summed E-state index contributed by atoms with van der Waals surface area (Å²) in [5, 5.41) is 3.10. The van der Waals surface area contributed by atoms with Crippen molar-refractivity contribution in [3.05, 3.63) is 108 Å². The summed E-state index contributed by atoms with van der Waals surface area (Å²) in [6, 6.07) is 21.2. The van der Waals surface area contributed by atoms with Crippen LogP contribution in [0.25, 0.3) is 0 Å². The van der Waals surface area contributed by atoms with Crippen molar-refractivity contribution in [1.29, 1.82) is 0 Å². The van der Waals surface area contributed by atoms with Gasteiger partial charge >= 0.3 is 0 Å². The van der Waals surface area contributed by atoms with Gasteiger partial charge in [0.15, 0.2) is 0 Å². The van der Waals surface area contributed by atoms with E-state index in [0.29, 0.717) is 5.56 Å². The van der Waals surface area contributed by atoms with Gasteiger partial charge in [0.25, 0.3) is 5.91 Å². The van der Waals surface area contributed by atoms with Gasteiger partial charge < -0.3 is 10.1 Å². The third-order valence-electron chi connectivity index (χ3n) is 4.63. The molecule has 1 aromatic heterocycles. The number of amides is 1. The molecule has 1 amide bonds. The van der Waals surface area contributed by atoms with Gasteiger partial charge in [-0.15, -0.1) is 0 Å². The van der Waals surface area contributed by atoms with Crippen molar-refractivity contribution >= 4 is 5.91 Å². The molecule has 0 aliphatic rings. The minimum atomic E-state index is -0.290. The number of ether oxygens (including phenoxy) is 1. The quantitative estimate of drug-likeness (QED) is 0.581. The average Bonchev–Trinajstić information content (AvgIpc) is 2.77. The molecule has 0 saturated heterocycles. The van der Waals surface area contributed by atoms with Crippen LogP contribution in [0.1, 0.15) is 33.9 Å². The number of hydrogen-bond donors (Lipinski definition) is 1. The Labute approximate surface area is 165 Å². The van der Waals surface area contributed by atoms with E-state index in [2.05, 4.69) is 29.0 Å². The Morgan fingerprint density at radius 3 is 2.46 bits per heavy atom. The van der Waals surface area contributed by atoms with Gasteiger partial charge in [0, 0.05) is 12.4 Å². The van der Waals surface area contributed by atoms with Crippen molar-refractivity contribution in [2.75, 3.05) is 7.11 Å². The Hall–Kier alpha value is -3.40. The van der Waals surface area contributed by atoms with Crippen molar-refractivity contribution in [2.24, 2.45) is 0 Å². The number of aryl methyl sites for hydroxylation is 1. The maximum Gasteiger partial charge on any atom is 0.253 e. The monoisotopic (exact) mass is 372 g/mol. The highest BCUT2D eigenvalue weighted by Crippen LogP contribution is 2.26. The van der Waals surface area contributed by atoms with Crippen molar-refractivity contribution in [2.45, 2.75) is 18.9 Å². The fourth-order valence-corrected chi connectivity index (χ4v) is 3.02. The molecular formula is C24H24N2O2. The molecule has 3 aromatic rings. The maximum absolute atomic E-state index is 12.7. The molecule has 1 unspecified atom stereocenters. The van der Waals surface area contributed by atoms with E-state index in [0.717, 1.165) is 29.7 Å². The molecule has 4 heteroatoms. The van der Waals surface area contributed by atoms with E-state index in [-0.39, 0.29) is 11.9 Å². The largest absolute Gasteiger partial charge is 0.497 e. The predicted molar refractivity (Wildman–Crippen MR) is 111 cm³/mol. The number of benzene rings is 2. The Kier molecular flexibility index (Phi) is 6.58. The molecule has 4 nitrogen and oxygen atoms in total. The van der Waals surface area contributed by atoms with E-state index in [4.69, 9.17) is 4.74 Å². The van der Waals surface area contributed by atoms with Crippen LogP contribution in [0.4, 0.5) is 0 Å². The fraction of sp³-hybridized carbons (Fsp3) is 0.167. The van der Waals surface area contributed by atoms with Crippen LogP contribution >= 0.6 is 0 Å². The zero-order chi connectivity index (χ0) is 19.8. The van der Waals surface area contributed by atoms with Gasteiger partial charge in [-0.25, -0.2) is 0 Å². The lowest BCUT2D eigenvalue weighted by Gasteiger charge is -2.22. The van der Waals surface area contributed by atoms with Crippen LogP contribution in [0.5, 0.6) is 5.75 Å². The Bertz CT molecular complexity index is 906. The molecule has 0 bridgehead atoms. The van der Waals surface area contributed by atoms with E-state index in [9.17, 15) is 4.79 Å². The average molecular weight is 372 g/mol. The first-order chi connectivity index (χ1) is 13.7. The van der Waals surface area contributed by atoms with E-state index in [1.165, 1.54) is 5.56 Å². The summed E-state index contributed by atoms with van der Waals surface area (Å²) in [5.41, 5.74) is 3.69. The van der Waals surface area contributed by atoms with Crippen molar-refractivity contribution in [3.63, 3.8) is 0 Å². The lowest BCUT2D eigenvalue weighted by atomic mass is 9.94. The summed E-state index contributed by atoms with van der Waals surface area (Å²) in [4.78, 5) is 16.7. The summed E-state index contributed by atoms with van der Waals surface area (Å²) < 4.78 is 5.25. The van der Waals surface area contributed by atoms with Crippen LogP contribution in [0, 0.1) is 0 Å². The summed E-state index contributed by atoms with van der Waals surface area (Å²) in [5.74, 6) is 0.603. The van der Waals surface area contributed by atoms with Gasteiger partial charge in [0.1, 0.15) is 5.75 Å². The molecule has 1 heterocycles. The van der Waals surface area contributed by atoms with Gasteiger partial charge in [-0.3, -0.25) is 9.78 Å². The molecule has 142 valence electrons. The number of hydrogen-bond acceptors (Lipinski definition) is 3. The zero-order valence-electron chi connectivity index (χ0n) is 16.0. The molecule has 0 radical (unpaired) electrons. The Balaban J connectivity index is 1.78. The second-order valence-corrected chi connectivity index (χ2v) is 6.57. The molecule has 0 aliphatic heterocycles. The third kappa shape index (κ3) is 5.07. The number of aromatic nitrogens is 1. The predicted octanol–water partition coefficient (Wildman–Crippen LogP) is 4.75. The summed E-state index contributed by atoms with van der Waals surface area (Å²) >= 11 is 0. The molecule has 28 heavy (non-hydrogen) atoms. The van der Waals surface area contributed by atoms with E-state index in [1.54, 1.807) is 31.6 Å². The Morgan fingerprint density at radius 1 is 1.07 bits per heavy atom. The first-order valence-electron chi connectivity index (χ1n) is 9.24. The number of methoxy groups -OCH3 is 1. The fourth-order valence-electron chi connectivity index (χ4n) is 3.02.